The van der Waals surface area contributed by atoms with E-state index >= 15 is 0 Å². The lowest BCUT2D eigenvalue weighted by atomic mass is 10.1. The van der Waals surface area contributed by atoms with Crippen molar-refractivity contribution in [3.05, 3.63) is 22.1 Å². The summed E-state index contributed by atoms with van der Waals surface area (Å²) in [6.07, 6.45) is 0.922. The Kier molecular flexibility index (Phi) is 3.14. The van der Waals surface area contributed by atoms with Gasteiger partial charge in [-0.05, 0) is 22.4 Å². The number of hydrogen-bond acceptors (Lipinski definition) is 2. The maximum atomic E-state index is 10.6. The van der Waals surface area contributed by atoms with Crippen molar-refractivity contribution in [3.8, 4) is 0 Å². The van der Waals surface area contributed by atoms with Crippen LogP contribution in [0, 0.1) is 0 Å². The van der Waals surface area contributed by atoms with Gasteiger partial charge >= 0.3 is 5.97 Å². The van der Waals surface area contributed by atoms with Crippen molar-refractivity contribution in [1.29, 1.82) is 0 Å². The summed E-state index contributed by atoms with van der Waals surface area (Å²) in [5, 5.41) is 8.66. The molecule has 1 aromatic rings. The van der Waals surface area contributed by atoms with Crippen molar-refractivity contribution in [1.82, 2.24) is 0 Å². The minimum Gasteiger partial charge on any atom is -0.475 e. The van der Waals surface area contributed by atoms with Crippen LogP contribution in [-0.2, 0) is 0 Å². The Morgan fingerprint density at radius 3 is 2.77 bits per heavy atom. The molecule has 0 bridgehead atoms. The molecule has 1 unspecified atom stereocenters. The Labute approximate surface area is 84.9 Å². The van der Waals surface area contributed by atoms with Gasteiger partial charge in [-0.25, -0.2) is 4.79 Å². The average molecular weight is 247 g/mol. The first-order chi connectivity index (χ1) is 6.06. The molecule has 4 heteroatoms. The zero-order valence-electron chi connectivity index (χ0n) is 7.50. The summed E-state index contributed by atoms with van der Waals surface area (Å²) in [5.41, 5.74) is 0. The molecule has 1 aromatic heterocycles. The number of halogens is 1. The predicted molar refractivity (Wildman–Crippen MR) is 52.1 cm³/mol. The number of hydrogen-bond donors (Lipinski definition) is 1. The number of furan rings is 1. The highest BCUT2D eigenvalue weighted by atomic mass is 79.9. The van der Waals surface area contributed by atoms with Gasteiger partial charge in [0.2, 0.25) is 5.76 Å². The molecule has 0 aliphatic carbocycles. The van der Waals surface area contributed by atoms with E-state index in [1.165, 1.54) is 6.07 Å². The van der Waals surface area contributed by atoms with Gasteiger partial charge < -0.3 is 9.52 Å². The van der Waals surface area contributed by atoms with Gasteiger partial charge in [-0.2, -0.15) is 0 Å². The number of carboxylic acids is 1. The fourth-order valence-electron chi connectivity index (χ4n) is 1.01. The Morgan fingerprint density at radius 1 is 1.77 bits per heavy atom. The van der Waals surface area contributed by atoms with Gasteiger partial charge in [-0.3, -0.25) is 0 Å². The predicted octanol–water partition coefficient (Wildman–Crippen LogP) is 3.25. The summed E-state index contributed by atoms with van der Waals surface area (Å²) >= 11 is 3.27. The minimum absolute atomic E-state index is 0.0119. The molecule has 3 nitrogen and oxygen atoms in total. The van der Waals surface area contributed by atoms with Gasteiger partial charge in [0.25, 0.3) is 0 Å². The summed E-state index contributed by atoms with van der Waals surface area (Å²) in [7, 11) is 0. The van der Waals surface area contributed by atoms with Crippen LogP contribution in [0.1, 0.15) is 42.5 Å². The lowest BCUT2D eigenvalue weighted by Gasteiger charge is -2.03. The van der Waals surface area contributed by atoms with E-state index in [0.717, 1.165) is 10.9 Å². The van der Waals surface area contributed by atoms with Crippen LogP contribution in [0.4, 0.5) is 0 Å². The van der Waals surface area contributed by atoms with E-state index in [1.807, 2.05) is 13.8 Å². The van der Waals surface area contributed by atoms with Gasteiger partial charge in [0.05, 0.1) is 4.47 Å². The van der Waals surface area contributed by atoms with Crippen LogP contribution in [0.25, 0.3) is 0 Å². The number of rotatable bonds is 3. The van der Waals surface area contributed by atoms with Crippen molar-refractivity contribution in [2.24, 2.45) is 0 Å². The highest BCUT2D eigenvalue weighted by Crippen LogP contribution is 2.30. The first kappa shape index (κ1) is 10.3. The molecule has 72 valence electrons. The van der Waals surface area contributed by atoms with Gasteiger partial charge in [0.15, 0.2) is 0 Å². The largest absolute Gasteiger partial charge is 0.475 e. The molecule has 0 saturated heterocycles. The Hall–Kier alpha value is -0.770. The normalized spacial score (nSPS) is 12.8. The summed E-state index contributed by atoms with van der Waals surface area (Å²) in [5.74, 6) is -0.0974. The second-order valence-electron chi connectivity index (χ2n) is 2.94. The Bertz CT molecular complexity index is 317. The Balaban J connectivity index is 3.02. The summed E-state index contributed by atoms with van der Waals surface area (Å²) in [6.45, 7) is 4.02. The third-order valence-electron chi connectivity index (χ3n) is 1.98. The maximum Gasteiger partial charge on any atom is 0.371 e. The van der Waals surface area contributed by atoms with Crippen molar-refractivity contribution >= 4 is 21.9 Å². The third kappa shape index (κ3) is 2.12. The first-order valence-electron chi connectivity index (χ1n) is 4.08. The molecule has 13 heavy (non-hydrogen) atoms. The van der Waals surface area contributed by atoms with E-state index in [0.29, 0.717) is 5.76 Å². The average Bonchev–Trinajstić information content (AvgIpc) is 2.46. The molecule has 1 rings (SSSR count). The minimum atomic E-state index is -1.03. The van der Waals surface area contributed by atoms with Crippen LogP contribution in [0.15, 0.2) is 15.0 Å². The van der Waals surface area contributed by atoms with Crippen molar-refractivity contribution in [3.63, 3.8) is 0 Å². The zero-order valence-corrected chi connectivity index (χ0v) is 9.09. The van der Waals surface area contributed by atoms with E-state index in [1.54, 1.807) is 0 Å². The van der Waals surface area contributed by atoms with Gasteiger partial charge in [-0.1, -0.05) is 13.8 Å². The fraction of sp³-hybridized carbons (Fsp3) is 0.444. The SMILES string of the molecule is CCC(C)c1oc(C(=O)O)cc1Br. The zero-order chi connectivity index (χ0) is 10.0. The molecule has 0 aromatic carbocycles. The van der Waals surface area contributed by atoms with Crippen molar-refractivity contribution < 1.29 is 14.3 Å². The highest BCUT2D eigenvalue weighted by Gasteiger charge is 2.17. The number of carbonyl (C=O) groups is 1. The first-order valence-corrected chi connectivity index (χ1v) is 4.88. The van der Waals surface area contributed by atoms with Crippen molar-refractivity contribution in [2.45, 2.75) is 26.2 Å². The molecule has 1 heterocycles. The summed E-state index contributed by atoms with van der Waals surface area (Å²) in [6, 6.07) is 1.49. The second kappa shape index (κ2) is 3.96. The van der Waals surface area contributed by atoms with Crippen LogP contribution in [0.2, 0.25) is 0 Å². The lowest BCUT2D eigenvalue weighted by Crippen LogP contribution is -1.93. The third-order valence-corrected chi connectivity index (χ3v) is 2.60. The molecular formula is C9H11BrO3. The van der Waals surface area contributed by atoms with E-state index in [-0.39, 0.29) is 11.7 Å². The lowest BCUT2D eigenvalue weighted by molar-refractivity contribution is 0.0660. The van der Waals surface area contributed by atoms with Crippen LogP contribution >= 0.6 is 15.9 Å². The van der Waals surface area contributed by atoms with Gasteiger partial charge in [0, 0.05) is 12.0 Å². The molecular weight excluding hydrogens is 236 g/mol. The molecule has 0 fully saturated rings. The molecule has 0 amide bonds. The standard InChI is InChI=1S/C9H11BrO3/c1-3-5(2)8-6(10)4-7(13-8)9(11)12/h4-5H,3H2,1-2H3,(H,11,12). The number of aromatic carboxylic acids is 1. The van der Waals surface area contributed by atoms with Crippen LogP contribution in [0.3, 0.4) is 0 Å². The van der Waals surface area contributed by atoms with Crippen LogP contribution in [0.5, 0.6) is 0 Å². The van der Waals surface area contributed by atoms with E-state index in [4.69, 9.17) is 9.52 Å². The van der Waals surface area contributed by atoms with Gasteiger partial charge in [-0.15, -0.1) is 0 Å². The molecule has 0 aliphatic heterocycles. The number of carboxylic acid groups (broad SMARTS) is 1. The maximum absolute atomic E-state index is 10.6. The van der Waals surface area contributed by atoms with Crippen molar-refractivity contribution in [2.75, 3.05) is 0 Å². The van der Waals surface area contributed by atoms with E-state index < -0.39 is 5.97 Å². The molecule has 0 radical (unpaired) electrons. The molecule has 0 aliphatic rings. The summed E-state index contributed by atoms with van der Waals surface area (Å²) in [4.78, 5) is 10.6. The molecule has 1 atom stereocenters. The topological polar surface area (TPSA) is 50.4 Å². The molecule has 1 N–H and O–H groups in total. The Morgan fingerprint density at radius 2 is 2.38 bits per heavy atom. The molecule has 0 spiro atoms. The quantitative estimate of drug-likeness (QED) is 0.891. The molecule has 0 saturated carbocycles. The van der Waals surface area contributed by atoms with Crippen LogP contribution in [-0.4, -0.2) is 11.1 Å². The summed E-state index contributed by atoms with van der Waals surface area (Å²) < 4.78 is 5.92. The van der Waals surface area contributed by atoms with E-state index in [2.05, 4.69) is 15.9 Å². The monoisotopic (exact) mass is 246 g/mol. The van der Waals surface area contributed by atoms with Crippen LogP contribution < -0.4 is 0 Å². The smallest absolute Gasteiger partial charge is 0.371 e. The highest BCUT2D eigenvalue weighted by molar-refractivity contribution is 9.10. The second-order valence-corrected chi connectivity index (χ2v) is 3.79. The fourth-order valence-corrected chi connectivity index (χ4v) is 1.69. The van der Waals surface area contributed by atoms with Gasteiger partial charge in [0.1, 0.15) is 5.76 Å². The van der Waals surface area contributed by atoms with E-state index in [9.17, 15) is 4.79 Å².